The van der Waals surface area contributed by atoms with E-state index < -0.39 is 0 Å². The maximum absolute atomic E-state index is 12.1. The van der Waals surface area contributed by atoms with Crippen molar-refractivity contribution in [1.29, 1.82) is 0 Å². The highest BCUT2D eigenvalue weighted by molar-refractivity contribution is 9.10. The Morgan fingerprint density at radius 3 is 2.72 bits per heavy atom. The van der Waals surface area contributed by atoms with E-state index in [4.69, 9.17) is 11.6 Å². The number of halogens is 2. The monoisotopic (exact) mass is 323 g/mol. The fraction of sp³-hybridized carbons (Fsp3) is 0.143. The zero-order chi connectivity index (χ0) is 13.1. The number of hydrogen-bond acceptors (Lipinski definition) is 2. The van der Waals surface area contributed by atoms with Crippen molar-refractivity contribution in [2.24, 2.45) is 0 Å². The third-order valence-corrected chi connectivity index (χ3v) is 3.17. The van der Waals surface area contributed by atoms with Crippen LogP contribution in [0.25, 0.3) is 0 Å². The van der Waals surface area contributed by atoms with Crippen molar-refractivity contribution in [2.45, 2.75) is 13.3 Å². The predicted molar refractivity (Wildman–Crippen MR) is 76.2 cm³/mol. The standard InChI is InChI=1S/C14H11BrClNO/c1-9-2-3-13(17-8-9)7-14(18)10-4-11(15)6-12(16)5-10/h2-6,8H,7H2,1H3. The van der Waals surface area contributed by atoms with E-state index in [0.29, 0.717) is 10.6 Å². The molecule has 0 saturated carbocycles. The minimum absolute atomic E-state index is 0.00885. The van der Waals surface area contributed by atoms with Crippen molar-refractivity contribution in [3.05, 3.63) is 62.8 Å². The summed E-state index contributed by atoms with van der Waals surface area (Å²) in [6.45, 7) is 1.96. The summed E-state index contributed by atoms with van der Waals surface area (Å²) < 4.78 is 0.801. The highest BCUT2D eigenvalue weighted by Crippen LogP contribution is 2.20. The van der Waals surface area contributed by atoms with Crippen molar-refractivity contribution >= 4 is 33.3 Å². The predicted octanol–water partition coefficient (Wildman–Crippen LogP) is 4.23. The summed E-state index contributed by atoms with van der Waals surface area (Å²) in [5, 5.41) is 0.546. The van der Waals surface area contributed by atoms with Crippen LogP contribution < -0.4 is 0 Å². The molecular formula is C14H11BrClNO. The molecule has 0 amide bonds. The van der Waals surface area contributed by atoms with Crippen LogP contribution in [0.15, 0.2) is 41.0 Å². The maximum Gasteiger partial charge on any atom is 0.168 e. The van der Waals surface area contributed by atoms with Gasteiger partial charge in [0.15, 0.2) is 5.78 Å². The molecule has 2 rings (SSSR count). The molecule has 0 atom stereocenters. The van der Waals surface area contributed by atoms with E-state index in [1.165, 1.54) is 0 Å². The molecule has 0 bridgehead atoms. The molecule has 0 N–H and O–H groups in total. The molecule has 0 saturated heterocycles. The van der Waals surface area contributed by atoms with Crippen LogP contribution in [-0.4, -0.2) is 10.8 Å². The first-order valence-electron chi connectivity index (χ1n) is 5.45. The number of pyridine rings is 1. The molecule has 0 spiro atoms. The van der Waals surface area contributed by atoms with Crippen LogP contribution in [0.1, 0.15) is 21.6 Å². The molecule has 92 valence electrons. The molecule has 1 aromatic heterocycles. The number of carbonyl (C=O) groups is 1. The average molecular weight is 325 g/mol. The summed E-state index contributed by atoms with van der Waals surface area (Å²) in [4.78, 5) is 16.3. The van der Waals surface area contributed by atoms with E-state index >= 15 is 0 Å². The van der Waals surface area contributed by atoms with Crippen LogP contribution in [0.3, 0.4) is 0 Å². The molecule has 1 aromatic carbocycles. The summed E-state index contributed by atoms with van der Waals surface area (Å²) in [6, 6.07) is 9.00. The van der Waals surface area contributed by atoms with Crippen LogP contribution in [-0.2, 0) is 6.42 Å². The first kappa shape index (κ1) is 13.2. The van der Waals surface area contributed by atoms with E-state index in [1.54, 1.807) is 24.4 Å². The van der Waals surface area contributed by atoms with Gasteiger partial charge >= 0.3 is 0 Å². The van der Waals surface area contributed by atoms with Crippen molar-refractivity contribution in [3.63, 3.8) is 0 Å². The maximum atomic E-state index is 12.1. The highest BCUT2D eigenvalue weighted by Gasteiger charge is 2.09. The van der Waals surface area contributed by atoms with Gasteiger partial charge in [0, 0.05) is 26.9 Å². The molecule has 0 fully saturated rings. The number of nitrogens with zero attached hydrogens (tertiary/aromatic N) is 1. The number of benzene rings is 1. The molecule has 0 unspecified atom stereocenters. The third-order valence-electron chi connectivity index (χ3n) is 2.50. The average Bonchev–Trinajstić information content (AvgIpc) is 2.31. The molecular weight excluding hydrogens is 314 g/mol. The van der Waals surface area contributed by atoms with Crippen LogP contribution >= 0.6 is 27.5 Å². The SMILES string of the molecule is Cc1ccc(CC(=O)c2cc(Cl)cc(Br)c2)nc1. The fourth-order valence-electron chi connectivity index (χ4n) is 1.58. The molecule has 2 nitrogen and oxygen atoms in total. The lowest BCUT2D eigenvalue weighted by Gasteiger charge is -2.03. The van der Waals surface area contributed by atoms with Gasteiger partial charge in [-0.25, -0.2) is 0 Å². The van der Waals surface area contributed by atoms with Gasteiger partial charge in [0.25, 0.3) is 0 Å². The molecule has 0 aliphatic rings. The molecule has 4 heteroatoms. The van der Waals surface area contributed by atoms with Crippen LogP contribution in [0.2, 0.25) is 5.02 Å². The first-order valence-corrected chi connectivity index (χ1v) is 6.62. The summed E-state index contributed by atoms with van der Waals surface area (Å²) in [6.07, 6.45) is 2.05. The third kappa shape index (κ3) is 3.40. The van der Waals surface area contributed by atoms with Gasteiger partial charge < -0.3 is 0 Å². The second kappa shape index (κ2) is 5.63. The minimum Gasteiger partial charge on any atom is -0.294 e. The minimum atomic E-state index is 0.00885. The van der Waals surface area contributed by atoms with Crippen LogP contribution in [0.4, 0.5) is 0 Å². The van der Waals surface area contributed by atoms with Crippen molar-refractivity contribution in [2.75, 3.05) is 0 Å². The quantitative estimate of drug-likeness (QED) is 0.791. The topological polar surface area (TPSA) is 30.0 Å². The van der Waals surface area contributed by atoms with Crippen molar-refractivity contribution in [3.8, 4) is 0 Å². The van der Waals surface area contributed by atoms with Gasteiger partial charge in [-0.15, -0.1) is 0 Å². The highest BCUT2D eigenvalue weighted by atomic mass is 79.9. The molecule has 0 radical (unpaired) electrons. The zero-order valence-electron chi connectivity index (χ0n) is 9.78. The molecule has 2 aromatic rings. The zero-order valence-corrected chi connectivity index (χ0v) is 12.1. The number of carbonyl (C=O) groups excluding carboxylic acids is 1. The van der Waals surface area contributed by atoms with Gasteiger partial charge in [0.2, 0.25) is 0 Å². The first-order chi connectivity index (χ1) is 8.54. The van der Waals surface area contributed by atoms with Crippen molar-refractivity contribution < 1.29 is 4.79 Å². The normalized spacial score (nSPS) is 10.4. The van der Waals surface area contributed by atoms with E-state index in [0.717, 1.165) is 15.7 Å². The Kier molecular flexibility index (Phi) is 4.15. The van der Waals surface area contributed by atoms with Crippen molar-refractivity contribution in [1.82, 2.24) is 4.98 Å². The summed E-state index contributed by atoms with van der Waals surface area (Å²) in [7, 11) is 0. The van der Waals surface area contributed by atoms with Gasteiger partial charge in [-0.2, -0.15) is 0 Å². The molecule has 18 heavy (non-hydrogen) atoms. The Hall–Kier alpha value is -1.19. The van der Waals surface area contributed by atoms with Gasteiger partial charge in [-0.1, -0.05) is 33.6 Å². The van der Waals surface area contributed by atoms with Gasteiger partial charge in [0.05, 0.1) is 6.42 Å². The number of ketones is 1. The summed E-state index contributed by atoms with van der Waals surface area (Å²) in [5.41, 5.74) is 2.44. The Morgan fingerprint density at radius 1 is 1.33 bits per heavy atom. The Bertz CT molecular complexity index is 561. The van der Waals surface area contributed by atoms with Gasteiger partial charge in [-0.3, -0.25) is 9.78 Å². The largest absolute Gasteiger partial charge is 0.294 e. The second-order valence-electron chi connectivity index (χ2n) is 4.08. The van der Waals surface area contributed by atoms with E-state index in [-0.39, 0.29) is 12.2 Å². The number of aromatic nitrogens is 1. The molecule has 1 heterocycles. The number of hydrogen-bond donors (Lipinski definition) is 0. The smallest absolute Gasteiger partial charge is 0.168 e. The van der Waals surface area contributed by atoms with E-state index in [2.05, 4.69) is 20.9 Å². The number of aryl methyl sites for hydroxylation is 1. The van der Waals surface area contributed by atoms with Gasteiger partial charge in [-0.05, 0) is 36.8 Å². The lowest BCUT2D eigenvalue weighted by molar-refractivity contribution is 0.0992. The summed E-state index contributed by atoms with van der Waals surface area (Å²) >= 11 is 9.24. The number of rotatable bonds is 3. The molecule has 0 aliphatic carbocycles. The second-order valence-corrected chi connectivity index (χ2v) is 5.44. The summed E-state index contributed by atoms with van der Waals surface area (Å²) in [5.74, 6) is 0.00885. The Labute approximate surface area is 119 Å². The Morgan fingerprint density at radius 2 is 2.11 bits per heavy atom. The number of Topliss-reactive ketones (excluding diaryl/α,β-unsaturated/α-hetero) is 1. The lowest BCUT2D eigenvalue weighted by Crippen LogP contribution is -2.05. The van der Waals surface area contributed by atoms with Gasteiger partial charge in [0.1, 0.15) is 0 Å². The van der Waals surface area contributed by atoms with Crippen LogP contribution in [0, 0.1) is 6.92 Å². The van der Waals surface area contributed by atoms with E-state index in [9.17, 15) is 4.79 Å². The Balaban J connectivity index is 2.19. The lowest BCUT2D eigenvalue weighted by atomic mass is 10.1. The fourth-order valence-corrected chi connectivity index (χ4v) is 2.44. The molecule has 0 aliphatic heterocycles. The van der Waals surface area contributed by atoms with E-state index in [1.807, 2.05) is 19.1 Å². The van der Waals surface area contributed by atoms with Crippen LogP contribution in [0.5, 0.6) is 0 Å².